The summed E-state index contributed by atoms with van der Waals surface area (Å²) in [6.45, 7) is 3.52. The van der Waals surface area contributed by atoms with E-state index in [1.807, 2.05) is 0 Å². The van der Waals surface area contributed by atoms with E-state index in [1.165, 1.54) is 28.1 Å². The van der Waals surface area contributed by atoms with E-state index < -0.39 is 29.9 Å². The van der Waals surface area contributed by atoms with Crippen LogP contribution in [0.2, 0.25) is 0 Å². The van der Waals surface area contributed by atoms with E-state index in [9.17, 15) is 14.4 Å². The first kappa shape index (κ1) is 18.3. The van der Waals surface area contributed by atoms with Crippen molar-refractivity contribution < 1.29 is 28.6 Å². The fraction of sp³-hybridized carbons (Fsp3) is 0.750. The number of hydrogen-bond acceptors (Lipinski definition) is 6. The summed E-state index contributed by atoms with van der Waals surface area (Å²) in [6.07, 6.45) is 0. The van der Waals surface area contributed by atoms with Gasteiger partial charge in [-0.2, -0.15) is 0 Å². The minimum atomic E-state index is -0.777. The highest BCUT2D eigenvalue weighted by molar-refractivity contribution is 5.90. The maximum Gasteiger partial charge on any atom is 0.328 e. The van der Waals surface area contributed by atoms with Gasteiger partial charge in [0.25, 0.3) is 0 Å². The van der Waals surface area contributed by atoms with Crippen molar-refractivity contribution in [2.75, 3.05) is 34.0 Å². The van der Waals surface area contributed by atoms with Gasteiger partial charge in [0.1, 0.15) is 18.7 Å². The topological polar surface area (TPSA) is 103 Å². The molecule has 0 saturated heterocycles. The third kappa shape index (κ3) is 7.70. The van der Waals surface area contributed by atoms with Crippen molar-refractivity contribution in [1.82, 2.24) is 10.6 Å². The van der Waals surface area contributed by atoms with E-state index in [4.69, 9.17) is 9.47 Å². The first-order chi connectivity index (χ1) is 9.42. The molecular weight excluding hydrogens is 268 g/mol. The van der Waals surface area contributed by atoms with E-state index in [2.05, 4.69) is 15.4 Å². The number of nitrogens with one attached hydrogen (secondary N) is 2. The van der Waals surface area contributed by atoms with Gasteiger partial charge in [-0.05, 0) is 13.8 Å². The summed E-state index contributed by atoms with van der Waals surface area (Å²) in [6, 6.07) is -1.55. The second-order valence-corrected chi connectivity index (χ2v) is 4.09. The molecule has 0 aromatic heterocycles. The van der Waals surface area contributed by atoms with Crippen LogP contribution in [-0.4, -0.2) is 63.9 Å². The molecule has 0 aromatic rings. The van der Waals surface area contributed by atoms with Gasteiger partial charge in [0.2, 0.25) is 11.8 Å². The number of amides is 2. The van der Waals surface area contributed by atoms with Gasteiger partial charge in [0.15, 0.2) is 0 Å². The molecule has 2 amide bonds. The molecule has 8 heteroatoms. The molecule has 2 atom stereocenters. The molecule has 0 saturated carbocycles. The first-order valence-corrected chi connectivity index (χ1v) is 6.16. The summed E-state index contributed by atoms with van der Waals surface area (Å²) in [5, 5.41) is 4.87. The molecule has 0 bridgehead atoms. The molecule has 0 unspecified atom stereocenters. The zero-order chi connectivity index (χ0) is 15.5. The number of carbonyl (C=O) groups excluding carboxylic acids is 3. The van der Waals surface area contributed by atoms with E-state index in [0.29, 0.717) is 13.2 Å². The van der Waals surface area contributed by atoms with Gasteiger partial charge < -0.3 is 24.8 Å². The van der Waals surface area contributed by atoms with Gasteiger partial charge in [0, 0.05) is 7.11 Å². The first-order valence-electron chi connectivity index (χ1n) is 6.16. The average Bonchev–Trinajstić information content (AvgIpc) is 2.42. The van der Waals surface area contributed by atoms with E-state index in [-0.39, 0.29) is 6.61 Å². The number of carbonyl (C=O) groups is 3. The summed E-state index contributed by atoms with van der Waals surface area (Å²) in [4.78, 5) is 34.3. The molecule has 8 nitrogen and oxygen atoms in total. The third-order valence-corrected chi connectivity index (χ3v) is 2.35. The van der Waals surface area contributed by atoms with Crippen LogP contribution in [0.25, 0.3) is 0 Å². The summed E-state index contributed by atoms with van der Waals surface area (Å²) in [5.74, 6) is -1.46. The Kier molecular flexibility index (Phi) is 9.31. The quantitative estimate of drug-likeness (QED) is 0.410. The van der Waals surface area contributed by atoms with Crippen molar-refractivity contribution in [1.29, 1.82) is 0 Å². The largest absolute Gasteiger partial charge is 0.467 e. The fourth-order valence-electron chi connectivity index (χ4n) is 1.23. The molecule has 116 valence electrons. The van der Waals surface area contributed by atoms with Gasteiger partial charge in [-0.3, -0.25) is 9.59 Å². The summed E-state index contributed by atoms with van der Waals surface area (Å²) in [5.41, 5.74) is 0. The van der Waals surface area contributed by atoms with Crippen LogP contribution < -0.4 is 10.6 Å². The summed E-state index contributed by atoms with van der Waals surface area (Å²) < 4.78 is 14.2. The standard InChI is InChI=1S/C12H22N2O6/c1-8(11(16)14-9(2)12(17)19-4)13-10(15)7-20-6-5-18-3/h8-9H,5-7H2,1-4H3,(H,13,15)(H,14,16)/t8-,9-/m0/s1. The van der Waals surface area contributed by atoms with Crippen LogP contribution >= 0.6 is 0 Å². The molecule has 0 radical (unpaired) electrons. The van der Waals surface area contributed by atoms with Crippen LogP contribution in [0, 0.1) is 0 Å². The average molecular weight is 290 g/mol. The molecule has 0 aromatic carbocycles. The number of ether oxygens (including phenoxy) is 3. The highest BCUT2D eigenvalue weighted by atomic mass is 16.5. The second-order valence-electron chi connectivity index (χ2n) is 4.09. The molecule has 0 spiro atoms. The van der Waals surface area contributed by atoms with Gasteiger partial charge in [-0.25, -0.2) is 4.79 Å². The van der Waals surface area contributed by atoms with Gasteiger partial charge >= 0.3 is 5.97 Å². The predicted octanol–water partition coefficient (Wildman–Crippen LogP) is -1.17. The Morgan fingerprint density at radius 3 is 2.20 bits per heavy atom. The van der Waals surface area contributed by atoms with Gasteiger partial charge in [-0.1, -0.05) is 0 Å². The highest BCUT2D eigenvalue weighted by Gasteiger charge is 2.21. The van der Waals surface area contributed by atoms with Crippen LogP contribution in [0.4, 0.5) is 0 Å². The van der Waals surface area contributed by atoms with Crippen molar-refractivity contribution in [2.24, 2.45) is 0 Å². The third-order valence-electron chi connectivity index (χ3n) is 2.35. The molecule has 0 aliphatic heterocycles. The Labute approximate surface area is 118 Å². The molecular formula is C12H22N2O6. The van der Waals surface area contributed by atoms with Crippen LogP contribution in [-0.2, 0) is 28.6 Å². The number of rotatable bonds is 9. The minimum absolute atomic E-state index is 0.159. The number of esters is 1. The summed E-state index contributed by atoms with van der Waals surface area (Å²) >= 11 is 0. The molecule has 0 aliphatic rings. The van der Waals surface area contributed by atoms with E-state index >= 15 is 0 Å². The monoisotopic (exact) mass is 290 g/mol. The maximum absolute atomic E-state index is 11.7. The SMILES string of the molecule is COCCOCC(=O)N[C@@H](C)C(=O)N[C@@H](C)C(=O)OC. The van der Waals surface area contributed by atoms with Crippen molar-refractivity contribution >= 4 is 17.8 Å². The van der Waals surface area contributed by atoms with Crippen LogP contribution in [0.1, 0.15) is 13.8 Å². The van der Waals surface area contributed by atoms with Crippen LogP contribution in [0.15, 0.2) is 0 Å². The van der Waals surface area contributed by atoms with Crippen molar-refractivity contribution in [3.05, 3.63) is 0 Å². The van der Waals surface area contributed by atoms with Crippen LogP contribution in [0.5, 0.6) is 0 Å². The highest BCUT2D eigenvalue weighted by Crippen LogP contribution is 1.90. The zero-order valence-electron chi connectivity index (χ0n) is 12.2. The lowest BCUT2D eigenvalue weighted by Gasteiger charge is -2.17. The maximum atomic E-state index is 11.7. The zero-order valence-corrected chi connectivity index (χ0v) is 12.2. The summed E-state index contributed by atoms with van der Waals surface area (Å²) in [7, 11) is 2.76. The predicted molar refractivity (Wildman–Crippen MR) is 69.9 cm³/mol. The van der Waals surface area contributed by atoms with Gasteiger partial charge in [0.05, 0.1) is 20.3 Å². The lowest BCUT2D eigenvalue weighted by atomic mass is 10.2. The van der Waals surface area contributed by atoms with Crippen molar-refractivity contribution in [3.8, 4) is 0 Å². The lowest BCUT2D eigenvalue weighted by Crippen LogP contribution is -2.50. The molecule has 0 rings (SSSR count). The molecule has 0 heterocycles. The van der Waals surface area contributed by atoms with Crippen molar-refractivity contribution in [2.45, 2.75) is 25.9 Å². The molecule has 20 heavy (non-hydrogen) atoms. The Hall–Kier alpha value is -1.67. The Bertz CT molecular complexity index is 334. The fourth-order valence-corrected chi connectivity index (χ4v) is 1.23. The Morgan fingerprint density at radius 1 is 1.00 bits per heavy atom. The van der Waals surface area contributed by atoms with E-state index in [1.54, 1.807) is 0 Å². The van der Waals surface area contributed by atoms with Crippen molar-refractivity contribution in [3.63, 3.8) is 0 Å². The molecule has 0 fully saturated rings. The molecule has 0 aliphatic carbocycles. The van der Waals surface area contributed by atoms with Crippen LogP contribution in [0.3, 0.4) is 0 Å². The Balaban J connectivity index is 4.00. The number of hydrogen-bond donors (Lipinski definition) is 2. The lowest BCUT2D eigenvalue weighted by molar-refractivity contribution is -0.144. The molecule has 2 N–H and O–H groups in total. The minimum Gasteiger partial charge on any atom is -0.467 e. The second kappa shape index (κ2) is 10.2. The van der Waals surface area contributed by atoms with Gasteiger partial charge in [-0.15, -0.1) is 0 Å². The van der Waals surface area contributed by atoms with E-state index in [0.717, 1.165) is 0 Å². The smallest absolute Gasteiger partial charge is 0.328 e. The normalized spacial score (nSPS) is 13.2. The number of methoxy groups -OCH3 is 2. The Morgan fingerprint density at radius 2 is 1.65 bits per heavy atom.